The van der Waals surface area contributed by atoms with Crippen LogP contribution in [0.25, 0.3) is 0 Å². The first kappa shape index (κ1) is 10.6. The van der Waals surface area contributed by atoms with Crippen molar-refractivity contribution in [2.45, 2.75) is 13.5 Å². The molecule has 0 aliphatic rings. The van der Waals surface area contributed by atoms with E-state index in [0.29, 0.717) is 17.4 Å². The Hall–Kier alpha value is -1.96. The molecule has 0 amide bonds. The van der Waals surface area contributed by atoms with Crippen molar-refractivity contribution in [2.75, 3.05) is 5.32 Å². The average Bonchev–Trinajstić information content (AvgIpc) is 2.83. The van der Waals surface area contributed by atoms with Gasteiger partial charge < -0.3 is 9.84 Å². The normalized spacial score (nSPS) is 10.3. The minimum absolute atomic E-state index is 0.0104. The Balaban J connectivity index is 1.97. The van der Waals surface area contributed by atoms with E-state index >= 15 is 0 Å². The first-order valence-electron chi connectivity index (χ1n) is 4.41. The van der Waals surface area contributed by atoms with Gasteiger partial charge in [0.2, 0.25) is 0 Å². The minimum Gasteiger partial charge on any atom is -0.359 e. The molecule has 8 heteroatoms. The van der Waals surface area contributed by atoms with E-state index in [1.165, 1.54) is 6.20 Å². The maximum atomic E-state index is 10.4. The van der Waals surface area contributed by atoms with E-state index in [0.717, 1.165) is 17.0 Å². The molecule has 0 aliphatic heterocycles. The molecule has 7 nitrogen and oxygen atoms in total. The van der Waals surface area contributed by atoms with Crippen LogP contribution >= 0.6 is 11.3 Å². The monoisotopic (exact) mass is 240 g/mol. The summed E-state index contributed by atoms with van der Waals surface area (Å²) in [5.41, 5.74) is 0.793. The molecule has 2 aromatic rings. The van der Waals surface area contributed by atoms with Gasteiger partial charge in [-0.1, -0.05) is 5.16 Å². The summed E-state index contributed by atoms with van der Waals surface area (Å²) in [6, 6.07) is 1.79. The van der Waals surface area contributed by atoms with Crippen LogP contribution in [0.5, 0.6) is 0 Å². The fourth-order valence-electron chi connectivity index (χ4n) is 1.09. The number of thiazole rings is 1. The topological polar surface area (TPSA) is 94.1 Å². The van der Waals surface area contributed by atoms with E-state index in [4.69, 9.17) is 4.52 Å². The molecule has 0 unspecified atom stereocenters. The van der Waals surface area contributed by atoms with Gasteiger partial charge in [-0.25, -0.2) is 4.98 Å². The van der Waals surface area contributed by atoms with E-state index in [-0.39, 0.29) is 5.00 Å². The number of nitro groups is 1. The Labute approximate surface area is 94.2 Å². The minimum atomic E-state index is -0.471. The molecule has 84 valence electrons. The van der Waals surface area contributed by atoms with Crippen LogP contribution < -0.4 is 5.32 Å². The van der Waals surface area contributed by atoms with Gasteiger partial charge in [0, 0.05) is 6.07 Å². The fourth-order valence-corrected chi connectivity index (χ4v) is 1.72. The van der Waals surface area contributed by atoms with Crippen LogP contribution in [0.3, 0.4) is 0 Å². The number of nitrogens with zero attached hydrogens (tertiary/aromatic N) is 3. The number of anilines is 1. The molecule has 0 fully saturated rings. The van der Waals surface area contributed by atoms with Crippen molar-refractivity contribution in [2.24, 2.45) is 0 Å². The third kappa shape index (κ3) is 2.34. The van der Waals surface area contributed by atoms with Gasteiger partial charge in [0.25, 0.3) is 0 Å². The van der Waals surface area contributed by atoms with Crippen molar-refractivity contribution in [3.63, 3.8) is 0 Å². The van der Waals surface area contributed by atoms with Gasteiger partial charge in [-0.2, -0.15) is 0 Å². The smallest absolute Gasteiger partial charge is 0.345 e. The van der Waals surface area contributed by atoms with E-state index < -0.39 is 4.92 Å². The zero-order valence-corrected chi connectivity index (χ0v) is 9.15. The molecule has 2 heterocycles. The standard InChI is InChI=1S/C8H8N4O3S/c1-5-2-6(15-11-5)3-9-8-10-4-7(16-8)12(13)14/h2,4H,3H2,1H3,(H,9,10). The van der Waals surface area contributed by atoms with Gasteiger partial charge in [-0.3, -0.25) is 10.1 Å². The van der Waals surface area contributed by atoms with Crippen molar-refractivity contribution >= 4 is 21.5 Å². The second-order valence-corrected chi connectivity index (χ2v) is 4.06. The van der Waals surface area contributed by atoms with Crippen LogP contribution in [0.2, 0.25) is 0 Å². The summed E-state index contributed by atoms with van der Waals surface area (Å²) < 4.78 is 4.97. The zero-order chi connectivity index (χ0) is 11.5. The second kappa shape index (κ2) is 4.27. The molecular weight excluding hydrogens is 232 g/mol. The maximum Gasteiger partial charge on any atom is 0.345 e. The lowest BCUT2D eigenvalue weighted by Gasteiger charge is -1.95. The summed E-state index contributed by atoms with van der Waals surface area (Å²) in [5.74, 6) is 0.662. The molecule has 0 aromatic carbocycles. The van der Waals surface area contributed by atoms with Crippen LogP contribution in [0, 0.1) is 17.0 Å². The maximum absolute atomic E-state index is 10.4. The molecule has 0 saturated carbocycles. The van der Waals surface area contributed by atoms with Crippen molar-refractivity contribution in [3.05, 3.63) is 33.8 Å². The summed E-state index contributed by atoms with van der Waals surface area (Å²) in [6.07, 6.45) is 1.22. The van der Waals surface area contributed by atoms with E-state index in [1.54, 1.807) is 6.07 Å². The number of aryl methyl sites for hydroxylation is 1. The van der Waals surface area contributed by atoms with Gasteiger partial charge in [0.15, 0.2) is 10.9 Å². The lowest BCUT2D eigenvalue weighted by molar-refractivity contribution is -0.380. The van der Waals surface area contributed by atoms with Gasteiger partial charge >= 0.3 is 5.00 Å². The van der Waals surface area contributed by atoms with E-state index in [9.17, 15) is 10.1 Å². The highest BCUT2D eigenvalue weighted by Gasteiger charge is 2.11. The SMILES string of the molecule is Cc1cc(CNc2ncc([N+](=O)[O-])s2)on1. The highest BCUT2D eigenvalue weighted by atomic mass is 32.1. The Morgan fingerprint density at radius 3 is 3.06 bits per heavy atom. The molecule has 0 radical (unpaired) electrons. The molecule has 0 spiro atoms. The Morgan fingerprint density at radius 2 is 2.50 bits per heavy atom. The number of nitrogens with one attached hydrogen (secondary N) is 1. The lowest BCUT2D eigenvalue weighted by atomic mass is 10.4. The second-order valence-electron chi connectivity index (χ2n) is 3.05. The predicted molar refractivity (Wildman–Crippen MR) is 57.3 cm³/mol. The molecule has 1 N–H and O–H groups in total. The van der Waals surface area contributed by atoms with Crippen molar-refractivity contribution in [3.8, 4) is 0 Å². The highest BCUT2D eigenvalue weighted by molar-refractivity contribution is 7.18. The number of rotatable bonds is 4. The molecule has 0 bridgehead atoms. The summed E-state index contributed by atoms with van der Waals surface area (Å²) in [5, 5.41) is 17.5. The molecular formula is C8H8N4O3S. The lowest BCUT2D eigenvalue weighted by Crippen LogP contribution is -1.96. The summed E-state index contributed by atoms with van der Waals surface area (Å²) in [7, 11) is 0. The van der Waals surface area contributed by atoms with Crippen LogP contribution in [0.15, 0.2) is 16.8 Å². The molecule has 2 rings (SSSR count). The quantitative estimate of drug-likeness (QED) is 0.648. The Bertz CT molecular complexity index is 507. The number of hydrogen-bond acceptors (Lipinski definition) is 7. The molecule has 0 aliphatic carbocycles. The molecule has 16 heavy (non-hydrogen) atoms. The molecule has 0 atom stereocenters. The van der Waals surface area contributed by atoms with Gasteiger partial charge in [0.1, 0.15) is 6.20 Å². The third-order valence-electron chi connectivity index (χ3n) is 1.76. The number of aromatic nitrogens is 2. The summed E-state index contributed by atoms with van der Waals surface area (Å²) >= 11 is 0.984. The van der Waals surface area contributed by atoms with Crippen molar-refractivity contribution in [1.29, 1.82) is 0 Å². The molecule has 2 aromatic heterocycles. The van der Waals surface area contributed by atoms with Crippen LogP contribution in [0.1, 0.15) is 11.5 Å². The van der Waals surface area contributed by atoms with E-state index in [1.807, 2.05) is 6.92 Å². The van der Waals surface area contributed by atoms with Crippen LogP contribution in [-0.4, -0.2) is 15.1 Å². The average molecular weight is 240 g/mol. The first-order chi connectivity index (χ1) is 7.65. The summed E-state index contributed by atoms with van der Waals surface area (Å²) in [6.45, 7) is 2.23. The van der Waals surface area contributed by atoms with Gasteiger partial charge in [-0.15, -0.1) is 0 Å². The first-order valence-corrected chi connectivity index (χ1v) is 5.23. The van der Waals surface area contributed by atoms with Crippen LogP contribution in [-0.2, 0) is 6.54 Å². The zero-order valence-electron chi connectivity index (χ0n) is 8.34. The molecule has 0 saturated heterocycles. The van der Waals surface area contributed by atoms with Crippen molar-refractivity contribution < 1.29 is 9.45 Å². The Morgan fingerprint density at radius 1 is 1.69 bits per heavy atom. The number of hydrogen-bond donors (Lipinski definition) is 1. The third-order valence-corrected chi connectivity index (χ3v) is 2.67. The largest absolute Gasteiger partial charge is 0.359 e. The van der Waals surface area contributed by atoms with Gasteiger partial charge in [0.05, 0.1) is 17.2 Å². The predicted octanol–water partition coefficient (Wildman–Crippen LogP) is 1.96. The van der Waals surface area contributed by atoms with Gasteiger partial charge in [-0.05, 0) is 18.3 Å². The van der Waals surface area contributed by atoms with Crippen molar-refractivity contribution in [1.82, 2.24) is 10.1 Å². The Kier molecular flexibility index (Phi) is 2.82. The van der Waals surface area contributed by atoms with E-state index in [2.05, 4.69) is 15.5 Å². The fraction of sp³-hybridized carbons (Fsp3) is 0.250. The van der Waals surface area contributed by atoms with Crippen LogP contribution in [0.4, 0.5) is 10.1 Å². The highest BCUT2D eigenvalue weighted by Crippen LogP contribution is 2.25. The summed E-state index contributed by atoms with van der Waals surface area (Å²) in [4.78, 5) is 13.8.